The normalized spacial score (nSPS) is 13.7. The second-order valence-corrected chi connectivity index (χ2v) is 23.7. The molecule has 4 nitrogen and oxygen atoms in total. The van der Waals surface area contributed by atoms with Crippen molar-refractivity contribution in [3.05, 3.63) is 166 Å². The van der Waals surface area contributed by atoms with E-state index < -0.39 is 18.2 Å². The molecule has 8 aromatic rings. The van der Waals surface area contributed by atoms with Gasteiger partial charge < -0.3 is 5.11 Å². The van der Waals surface area contributed by atoms with Crippen LogP contribution in [0.5, 0.6) is 5.75 Å². The number of aromatic nitrogens is 3. The number of hydrogen-bond donors (Lipinski definition) is 1. The number of imidazole rings is 1. The third-order valence-corrected chi connectivity index (χ3v) is 13.6. The van der Waals surface area contributed by atoms with Crippen LogP contribution >= 0.6 is 0 Å². The molecule has 0 aliphatic rings. The maximum absolute atomic E-state index is 12.6. The molecule has 5 heteroatoms. The second kappa shape index (κ2) is 19.2. The van der Waals surface area contributed by atoms with E-state index in [1.165, 1.54) is 5.56 Å². The molecule has 70 heavy (non-hydrogen) atoms. The molecule has 0 fully saturated rings. The summed E-state index contributed by atoms with van der Waals surface area (Å²) >= 11 is 0. The number of fused-ring (bicyclic) bond motifs is 1. The monoisotopic (exact) mass is 1110 g/mol. The van der Waals surface area contributed by atoms with Crippen LogP contribution < -0.4 is 0 Å². The largest absolute Gasteiger partial charge is 0.507 e. The number of phenols is 1. The number of aryl methyl sites for hydroxylation is 1. The molecule has 0 atom stereocenters. The summed E-state index contributed by atoms with van der Waals surface area (Å²) in [7, 11) is 0. The molecule has 0 amide bonds. The molecule has 0 aliphatic carbocycles. The first-order chi connectivity index (χ1) is 33.7. The quantitative estimate of drug-likeness (QED) is 0.154. The Morgan fingerprint density at radius 3 is 1.83 bits per heavy atom. The molecule has 1 N–H and O–H groups in total. The molecule has 0 saturated carbocycles. The van der Waals surface area contributed by atoms with Crippen LogP contribution in [0, 0.1) is 12.9 Å². The number of pyridine rings is 1. The molecule has 366 valence electrons. The fraction of sp³-hybridized carbons (Fsp3) is 0.354. The Kier molecular flexibility index (Phi) is 12.8. The molecular weight excluding hydrogens is 1030 g/mol. The van der Waals surface area contributed by atoms with Gasteiger partial charge in [0, 0.05) is 44.0 Å². The Labute approximate surface area is 440 Å². The molecule has 0 unspecified atom stereocenters. The van der Waals surface area contributed by atoms with Gasteiger partial charge in [0.15, 0.2) is 0 Å². The van der Waals surface area contributed by atoms with Gasteiger partial charge >= 0.3 is 0 Å². The first-order valence-electron chi connectivity index (χ1n) is 26.6. The molecule has 8 rings (SSSR count). The molecule has 2 aromatic heterocycles. The van der Waals surface area contributed by atoms with E-state index in [-0.39, 0.29) is 54.5 Å². The van der Waals surface area contributed by atoms with Crippen LogP contribution in [0.15, 0.2) is 121 Å². The maximum atomic E-state index is 12.6. The number of benzene rings is 6. The maximum Gasteiger partial charge on any atom is 0.148 e. The Balaban J connectivity index is 0.00000800. The van der Waals surface area contributed by atoms with E-state index in [0.29, 0.717) is 28.1 Å². The number of aromatic hydroxyl groups is 1. The van der Waals surface area contributed by atoms with Crippen molar-refractivity contribution in [2.24, 2.45) is 0 Å². The first-order valence-corrected chi connectivity index (χ1v) is 24.6. The van der Waals surface area contributed by atoms with E-state index in [9.17, 15) is 10.6 Å². The molecule has 0 saturated heterocycles. The predicted octanol–water partition coefficient (Wildman–Crippen LogP) is 18.0. The van der Waals surface area contributed by atoms with Crippen LogP contribution in [0.4, 0.5) is 0 Å². The SMILES string of the molecule is [2H]C([2H])([2H])c1cc(-c2c(C(C)C)cccc2C([2H])(C)C)ccc1-n1c(-c2cc(C(C)(C)C)cc(C(C)(C)C)c2O)nc2c(-c3[c-]c(-c4cc(-c5ccc(C(C)(C)C)cc5)ccn4)cc(C(C)(C)C)c3)cccc21.[Pt]. The number of para-hydroxylation sites is 1. The van der Waals surface area contributed by atoms with Crippen molar-refractivity contribution in [3.63, 3.8) is 0 Å². The van der Waals surface area contributed by atoms with E-state index in [4.69, 9.17) is 9.97 Å². The third-order valence-electron chi connectivity index (χ3n) is 13.6. The van der Waals surface area contributed by atoms with Crippen LogP contribution in [0.2, 0.25) is 0 Å². The minimum absolute atomic E-state index is 0. The molecule has 0 aliphatic heterocycles. The zero-order valence-electron chi connectivity index (χ0n) is 48.2. The van der Waals surface area contributed by atoms with Crippen molar-refractivity contribution in [2.75, 3.05) is 0 Å². The van der Waals surface area contributed by atoms with E-state index >= 15 is 0 Å². The zero-order valence-corrected chi connectivity index (χ0v) is 46.5. The molecule has 0 spiro atoms. The standard InChI is InChI=1S/C65H74N3O.Pt/c1-39(2)50-20-18-21-51(40(3)4)58(50)44-26-29-56(41(5)32-44)68-57-23-19-22-52(59(57)67-61(68)53-37-49(64(12,13)14)38-54(60(53)69)65(15,16)17)45-33-46(35-48(34-45)63(9,10)11)55-36-43(30-31-66-55)42-24-27-47(28-25-42)62(6,7)8;/h18-32,34-40,69H,1-17H3;/q-1;/i5D3,39D;. The van der Waals surface area contributed by atoms with Gasteiger partial charge in [-0.3, -0.25) is 9.55 Å². The van der Waals surface area contributed by atoms with Gasteiger partial charge in [-0.05, 0) is 121 Å². The Morgan fingerprint density at radius 2 is 1.21 bits per heavy atom. The minimum atomic E-state index is -2.58. The van der Waals surface area contributed by atoms with Gasteiger partial charge in [-0.25, -0.2) is 4.98 Å². The number of hydrogen-bond acceptors (Lipinski definition) is 3. The van der Waals surface area contributed by atoms with Gasteiger partial charge in [0.05, 0.1) is 22.3 Å². The Morgan fingerprint density at radius 1 is 0.600 bits per heavy atom. The zero-order chi connectivity index (χ0) is 53.5. The first kappa shape index (κ1) is 46.8. The van der Waals surface area contributed by atoms with Gasteiger partial charge in [0.2, 0.25) is 0 Å². The fourth-order valence-electron chi connectivity index (χ4n) is 9.43. The fourth-order valence-corrected chi connectivity index (χ4v) is 9.43. The smallest absolute Gasteiger partial charge is 0.148 e. The van der Waals surface area contributed by atoms with Crippen LogP contribution in [0.25, 0.3) is 72.7 Å². The molecule has 2 heterocycles. The van der Waals surface area contributed by atoms with E-state index in [2.05, 4.69) is 164 Å². The van der Waals surface area contributed by atoms with E-state index in [0.717, 1.165) is 72.5 Å². The number of nitrogens with zero attached hydrogens (tertiary/aromatic N) is 3. The van der Waals surface area contributed by atoms with Gasteiger partial charge in [-0.2, -0.15) is 0 Å². The van der Waals surface area contributed by atoms with Crippen molar-refractivity contribution < 1.29 is 31.7 Å². The van der Waals surface area contributed by atoms with Crippen LogP contribution in [-0.4, -0.2) is 19.6 Å². The summed E-state index contributed by atoms with van der Waals surface area (Å²) in [5.41, 5.74) is 14.5. The van der Waals surface area contributed by atoms with Crippen LogP contribution in [-0.2, 0) is 42.7 Å². The summed E-state index contributed by atoms with van der Waals surface area (Å²) in [4.78, 5) is 10.5. The summed E-state index contributed by atoms with van der Waals surface area (Å²) in [5.74, 6) is -0.321. The van der Waals surface area contributed by atoms with Gasteiger partial charge in [-0.1, -0.05) is 195 Å². The van der Waals surface area contributed by atoms with Crippen molar-refractivity contribution >= 4 is 11.0 Å². The predicted molar refractivity (Wildman–Crippen MR) is 294 cm³/mol. The van der Waals surface area contributed by atoms with Gasteiger partial charge in [-0.15, -0.1) is 29.3 Å². The summed E-state index contributed by atoms with van der Waals surface area (Å²) in [6.07, 6.45) is 1.86. The minimum Gasteiger partial charge on any atom is -0.507 e. The third kappa shape index (κ3) is 10.3. The van der Waals surface area contributed by atoms with Gasteiger partial charge in [0.1, 0.15) is 11.6 Å². The Bertz CT molecular complexity index is 3380. The van der Waals surface area contributed by atoms with Crippen molar-refractivity contribution in [1.29, 1.82) is 0 Å². The number of rotatable bonds is 8. The summed E-state index contributed by atoms with van der Waals surface area (Å²) in [6.45, 7) is 31.5. The number of phenolic OH excluding ortho intramolecular Hbond substituents is 1. The molecular formula is C65H74N3OPt-. The van der Waals surface area contributed by atoms with Crippen LogP contribution in [0.1, 0.15) is 167 Å². The van der Waals surface area contributed by atoms with Crippen molar-refractivity contribution in [1.82, 2.24) is 14.5 Å². The molecule has 6 aromatic carbocycles. The average molecular weight is 1110 g/mol. The Hall–Kier alpha value is -5.57. The second-order valence-electron chi connectivity index (χ2n) is 23.7. The summed E-state index contributed by atoms with van der Waals surface area (Å²) in [6, 6.07) is 43.0. The summed E-state index contributed by atoms with van der Waals surface area (Å²) in [5, 5.41) is 12.6. The van der Waals surface area contributed by atoms with E-state index in [1.54, 1.807) is 6.07 Å². The topological polar surface area (TPSA) is 50.9 Å². The molecule has 0 radical (unpaired) electrons. The van der Waals surface area contributed by atoms with Crippen molar-refractivity contribution in [3.8, 4) is 67.5 Å². The van der Waals surface area contributed by atoms with E-state index in [1.807, 2.05) is 73.1 Å². The average Bonchev–Trinajstić information content (AvgIpc) is 3.68. The van der Waals surface area contributed by atoms with Gasteiger partial charge in [0.25, 0.3) is 0 Å². The molecule has 0 bridgehead atoms. The van der Waals surface area contributed by atoms with Crippen LogP contribution in [0.3, 0.4) is 0 Å². The van der Waals surface area contributed by atoms with Crippen molar-refractivity contribution in [2.45, 2.75) is 151 Å². The summed E-state index contributed by atoms with van der Waals surface area (Å²) < 4.78 is 38.8.